The van der Waals surface area contributed by atoms with Gasteiger partial charge in [0.1, 0.15) is 5.82 Å². The average Bonchev–Trinajstić information content (AvgIpc) is 2.97. The molecule has 2 fully saturated rings. The Morgan fingerprint density at radius 2 is 2.12 bits per heavy atom. The minimum atomic E-state index is 0. The fraction of sp³-hybridized carbons (Fsp3) is 0.667. The molecular weight excluding hydrogens is 413 g/mol. The highest BCUT2D eigenvalue weighted by Gasteiger charge is 2.43. The zero-order chi connectivity index (χ0) is 16.3. The van der Waals surface area contributed by atoms with Crippen molar-refractivity contribution in [2.24, 2.45) is 10.4 Å². The molecular formula is C18H30IN5. The Bertz CT molecular complexity index is 568. The Kier molecular flexibility index (Phi) is 6.71. The Morgan fingerprint density at radius 3 is 2.71 bits per heavy atom. The summed E-state index contributed by atoms with van der Waals surface area (Å²) >= 11 is 0. The van der Waals surface area contributed by atoms with Crippen molar-refractivity contribution in [2.75, 3.05) is 38.6 Å². The molecule has 2 heterocycles. The van der Waals surface area contributed by atoms with Crippen LogP contribution >= 0.6 is 24.0 Å². The lowest BCUT2D eigenvalue weighted by molar-refractivity contribution is 0.151. The van der Waals surface area contributed by atoms with E-state index in [9.17, 15) is 0 Å². The highest BCUT2D eigenvalue weighted by atomic mass is 127. The zero-order valence-corrected chi connectivity index (χ0v) is 17.4. The van der Waals surface area contributed by atoms with Gasteiger partial charge in [0.15, 0.2) is 5.96 Å². The number of aromatic nitrogens is 1. The second-order valence-corrected chi connectivity index (χ2v) is 7.08. The molecule has 3 rings (SSSR count). The fourth-order valence-corrected chi connectivity index (χ4v) is 3.59. The van der Waals surface area contributed by atoms with Crippen molar-refractivity contribution < 1.29 is 0 Å². The first kappa shape index (κ1) is 19.3. The number of hydrogen-bond donors (Lipinski definition) is 1. The van der Waals surface area contributed by atoms with Gasteiger partial charge in [-0.25, -0.2) is 9.98 Å². The molecule has 1 spiro atoms. The van der Waals surface area contributed by atoms with E-state index in [-0.39, 0.29) is 24.0 Å². The summed E-state index contributed by atoms with van der Waals surface area (Å²) in [7, 11) is 4.03. The summed E-state index contributed by atoms with van der Waals surface area (Å²) in [6.45, 7) is 5.98. The summed E-state index contributed by atoms with van der Waals surface area (Å²) in [4.78, 5) is 14.0. The number of nitrogens with one attached hydrogen (secondary N) is 1. The van der Waals surface area contributed by atoms with E-state index >= 15 is 0 Å². The molecule has 0 radical (unpaired) electrons. The van der Waals surface area contributed by atoms with E-state index in [1.807, 2.05) is 25.1 Å². The zero-order valence-electron chi connectivity index (χ0n) is 15.1. The Morgan fingerprint density at radius 1 is 1.33 bits per heavy atom. The van der Waals surface area contributed by atoms with Gasteiger partial charge >= 0.3 is 0 Å². The summed E-state index contributed by atoms with van der Waals surface area (Å²) in [5, 5.41) is 3.46. The van der Waals surface area contributed by atoms with Crippen molar-refractivity contribution in [1.82, 2.24) is 15.2 Å². The molecule has 24 heavy (non-hydrogen) atoms. The number of rotatable bonds is 4. The van der Waals surface area contributed by atoms with Crippen molar-refractivity contribution >= 4 is 35.8 Å². The van der Waals surface area contributed by atoms with Gasteiger partial charge in [-0.3, -0.25) is 0 Å². The smallest absolute Gasteiger partial charge is 0.194 e. The molecule has 0 bridgehead atoms. The molecule has 2 aliphatic rings. The lowest BCUT2D eigenvalue weighted by Crippen LogP contribution is -2.42. The normalized spacial score (nSPS) is 19.0. The lowest BCUT2D eigenvalue weighted by atomic mass is 9.68. The van der Waals surface area contributed by atoms with E-state index in [1.54, 1.807) is 0 Å². The first-order valence-corrected chi connectivity index (χ1v) is 8.78. The fourth-order valence-electron chi connectivity index (χ4n) is 3.59. The number of nitrogens with zero attached hydrogens (tertiary/aromatic N) is 4. The Hall–Kier alpha value is -1.05. The molecule has 1 aliphatic heterocycles. The number of pyridine rings is 1. The van der Waals surface area contributed by atoms with Crippen LogP contribution in [0.5, 0.6) is 0 Å². The van der Waals surface area contributed by atoms with Gasteiger partial charge < -0.3 is 15.1 Å². The van der Waals surface area contributed by atoms with E-state index in [2.05, 4.69) is 34.3 Å². The van der Waals surface area contributed by atoms with Crippen molar-refractivity contribution in [3.63, 3.8) is 0 Å². The molecule has 0 atom stereocenters. The summed E-state index contributed by atoms with van der Waals surface area (Å²) in [5.74, 6) is 2.03. The minimum Gasteiger partial charge on any atom is -0.363 e. The van der Waals surface area contributed by atoms with Crippen LogP contribution in [0.4, 0.5) is 5.82 Å². The maximum Gasteiger partial charge on any atom is 0.194 e. The third kappa shape index (κ3) is 4.32. The van der Waals surface area contributed by atoms with Gasteiger partial charge in [-0.1, -0.05) is 12.5 Å². The molecule has 1 saturated carbocycles. The monoisotopic (exact) mass is 443 g/mol. The van der Waals surface area contributed by atoms with Crippen molar-refractivity contribution in [1.29, 1.82) is 0 Å². The maximum atomic E-state index is 4.84. The van der Waals surface area contributed by atoms with Crippen LogP contribution in [0.2, 0.25) is 0 Å². The van der Waals surface area contributed by atoms with Crippen LogP contribution in [-0.4, -0.2) is 49.6 Å². The van der Waals surface area contributed by atoms with Crippen LogP contribution in [0.3, 0.4) is 0 Å². The largest absolute Gasteiger partial charge is 0.363 e. The molecule has 5 nitrogen and oxygen atoms in total. The number of aliphatic imine (C=N–C) groups is 1. The number of hydrogen-bond acceptors (Lipinski definition) is 3. The third-order valence-electron chi connectivity index (χ3n) is 5.13. The highest BCUT2D eigenvalue weighted by Crippen LogP contribution is 2.47. The highest BCUT2D eigenvalue weighted by molar-refractivity contribution is 14.0. The van der Waals surface area contributed by atoms with Gasteiger partial charge in [-0.15, -0.1) is 24.0 Å². The van der Waals surface area contributed by atoms with Crippen LogP contribution in [-0.2, 0) is 6.54 Å². The van der Waals surface area contributed by atoms with Crippen molar-refractivity contribution in [2.45, 2.75) is 39.2 Å². The van der Waals surface area contributed by atoms with E-state index in [0.29, 0.717) is 12.0 Å². The van der Waals surface area contributed by atoms with Gasteiger partial charge in [0.05, 0.1) is 12.2 Å². The minimum absolute atomic E-state index is 0. The number of halogens is 1. The maximum absolute atomic E-state index is 4.84. The predicted octanol–water partition coefficient (Wildman–Crippen LogP) is 3.11. The van der Waals surface area contributed by atoms with E-state index < -0.39 is 0 Å². The summed E-state index contributed by atoms with van der Waals surface area (Å²) in [6, 6.07) is 6.13. The second-order valence-electron chi connectivity index (χ2n) is 7.08. The molecule has 1 N–H and O–H groups in total. The predicted molar refractivity (Wildman–Crippen MR) is 111 cm³/mol. The molecule has 6 heteroatoms. The molecule has 1 aromatic rings. The van der Waals surface area contributed by atoms with Crippen molar-refractivity contribution in [3.8, 4) is 0 Å². The number of anilines is 1. The molecule has 0 unspecified atom stereocenters. The molecule has 0 aromatic carbocycles. The molecule has 0 amide bonds. The third-order valence-corrected chi connectivity index (χ3v) is 5.13. The average molecular weight is 443 g/mol. The van der Waals surface area contributed by atoms with Crippen LogP contribution in [0.15, 0.2) is 23.2 Å². The van der Waals surface area contributed by atoms with Gasteiger partial charge in [-0.2, -0.15) is 0 Å². The summed E-state index contributed by atoms with van der Waals surface area (Å²) in [6.07, 6.45) is 5.53. The first-order valence-electron chi connectivity index (χ1n) is 8.78. The Labute approximate surface area is 162 Å². The van der Waals surface area contributed by atoms with E-state index in [1.165, 1.54) is 32.2 Å². The van der Waals surface area contributed by atoms with Crippen LogP contribution < -0.4 is 10.2 Å². The van der Waals surface area contributed by atoms with Gasteiger partial charge in [-0.05, 0) is 43.7 Å². The number of guanidine groups is 1. The lowest BCUT2D eigenvalue weighted by Gasteiger charge is -2.38. The van der Waals surface area contributed by atoms with Crippen molar-refractivity contribution in [3.05, 3.63) is 23.9 Å². The van der Waals surface area contributed by atoms with Crippen LogP contribution in [0.1, 0.15) is 38.3 Å². The van der Waals surface area contributed by atoms with Gasteiger partial charge in [0.25, 0.3) is 0 Å². The molecule has 1 aliphatic carbocycles. The van der Waals surface area contributed by atoms with Gasteiger partial charge in [0.2, 0.25) is 0 Å². The van der Waals surface area contributed by atoms with E-state index in [0.717, 1.165) is 30.6 Å². The quantitative estimate of drug-likeness (QED) is 0.441. The van der Waals surface area contributed by atoms with E-state index in [4.69, 9.17) is 4.99 Å². The SMILES string of the molecule is CCNC(=NCc1cccc(N(C)C)n1)N1CCC2(CCC2)C1.I. The molecule has 1 saturated heterocycles. The topological polar surface area (TPSA) is 43.8 Å². The first-order chi connectivity index (χ1) is 11.1. The second kappa shape index (κ2) is 8.36. The standard InChI is InChI=1S/C18H29N5.HI/c1-4-19-17(23-12-11-18(14-23)9-6-10-18)20-13-15-7-5-8-16(21-15)22(2)3;/h5,7-8H,4,6,9-14H2,1-3H3,(H,19,20);1H. The Balaban J connectivity index is 0.00000208. The number of likely N-dealkylation sites (tertiary alicyclic amines) is 1. The summed E-state index contributed by atoms with van der Waals surface area (Å²) in [5.41, 5.74) is 1.61. The van der Waals surface area contributed by atoms with Crippen LogP contribution in [0.25, 0.3) is 0 Å². The van der Waals surface area contributed by atoms with Crippen LogP contribution in [0, 0.1) is 5.41 Å². The van der Waals surface area contributed by atoms with Gasteiger partial charge in [0, 0.05) is 33.7 Å². The molecule has 134 valence electrons. The molecule has 1 aromatic heterocycles. The summed E-state index contributed by atoms with van der Waals surface area (Å²) < 4.78 is 0.